The van der Waals surface area contributed by atoms with E-state index in [1.807, 2.05) is 25.1 Å². The van der Waals surface area contributed by atoms with Gasteiger partial charge in [0.1, 0.15) is 5.75 Å². The molecule has 1 fully saturated rings. The van der Waals surface area contributed by atoms with Crippen molar-refractivity contribution in [1.82, 2.24) is 30.6 Å². The van der Waals surface area contributed by atoms with E-state index in [1.165, 1.54) is 0 Å². The number of amides is 2. The Labute approximate surface area is 201 Å². The predicted octanol–water partition coefficient (Wildman–Crippen LogP) is 2.88. The van der Waals surface area contributed by atoms with Gasteiger partial charge in [0.2, 0.25) is 0 Å². The lowest BCUT2D eigenvalue weighted by molar-refractivity contribution is -0.120. The highest BCUT2D eigenvalue weighted by atomic mass is 16.5. The first-order valence-corrected chi connectivity index (χ1v) is 11.3. The molecule has 5 rings (SSSR count). The second-order valence-corrected chi connectivity index (χ2v) is 8.34. The summed E-state index contributed by atoms with van der Waals surface area (Å²) in [5.74, 6) is 0.851. The molecule has 3 heterocycles. The van der Waals surface area contributed by atoms with Crippen LogP contribution >= 0.6 is 0 Å². The molecule has 0 radical (unpaired) electrons. The quantitative estimate of drug-likeness (QED) is 0.354. The van der Waals surface area contributed by atoms with Crippen molar-refractivity contribution in [2.45, 2.75) is 25.7 Å². The van der Waals surface area contributed by atoms with Crippen LogP contribution in [-0.4, -0.2) is 45.2 Å². The van der Waals surface area contributed by atoms with Crippen LogP contribution in [0.15, 0.2) is 54.7 Å². The van der Waals surface area contributed by atoms with Gasteiger partial charge in [0.25, 0.3) is 11.8 Å². The molecule has 4 aromatic rings. The van der Waals surface area contributed by atoms with E-state index in [0.29, 0.717) is 34.0 Å². The Balaban J connectivity index is 1.34. The normalized spacial score (nSPS) is 12.9. The van der Waals surface area contributed by atoms with Crippen LogP contribution in [0.1, 0.15) is 40.5 Å². The number of hydrogen-bond acceptors (Lipinski definition) is 7. The molecule has 0 bridgehead atoms. The molecule has 1 aliphatic rings. The Kier molecular flexibility index (Phi) is 6.01. The Hall–Kier alpha value is -4.47. The van der Waals surface area contributed by atoms with E-state index in [1.54, 1.807) is 48.3 Å². The third-order valence-electron chi connectivity index (χ3n) is 5.80. The average Bonchev–Trinajstić information content (AvgIpc) is 3.69. The summed E-state index contributed by atoms with van der Waals surface area (Å²) in [6.45, 7) is 1.82. The minimum atomic E-state index is -0.430. The minimum absolute atomic E-state index is 0.0116. The maximum absolute atomic E-state index is 13.2. The summed E-state index contributed by atoms with van der Waals surface area (Å²) in [4.78, 5) is 34.7. The molecule has 1 aliphatic carbocycles. The third-order valence-corrected chi connectivity index (χ3v) is 5.80. The number of nitrogens with one attached hydrogen (secondary N) is 3. The third kappa shape index (κ3) is 4.77. The number of benzene rings is 1. The van der Waals surface area contributed by atoms with Gasteiger partial charge in [-0.15, -0.1) is 0 Å². The molecule has 1 saturated carbocycles. The van der Waals surface area contributed by atoms with Crippen molar-refractivity contribution >= 4 is 28.5 Å². The largest absolute Gasteiger partial charge is 0.497 e. The summed E-state index contributed by atoms with van der Waals surface area (Å²) in [5, 5.41) is 8.23. The summed E-state index contributed by atoms with van der Waals surface area (Å²) in [6.07, 6.45) is 3.75. The lowest BCUT2D eigenvalue weighted by atomic mass is 10.1. The molecule has 0 aliphatic heterocycles. The number of hydrogen-bond donors (Lipinski definition) is 3. The Morgan fingerprint density at radius 2 is 1.91 bits per heavy atom. The summed E-state index contributed by atoms with van der Waals surface area (Å²) >= 11 is 0. The van der Waals surface area contributed by atoms with Crippen molar-refractivity contribution in [3.63, 3.8) is 0 Å². The van der Waals surface area contributed by atoms with Crippen LogP contribution < -0.4 is 20.9 Å². The number of pyridine rings is 2. The highest BCUT2D eigenvalue weighted by Crippen LogP contribution is 2.40. The maximum Gasteiger partial charge on any atom is 0.270 e. The van der Waals surface area contributed by atoms with E-state index in [2.05, 4.69) is 26.3 Å². The fraction of sp³-hybridized carbons (Fsp3) is 0.240. The van der Waals surface area contributed by atoms with Gasteiger partial charge in [-0.3, -0.25) is 20.4 Å². The van der Waals surface area contributed by atoms with E-state index in [4.69, 9.17) is 9.72 Å². The number of carbonyl (C=O) groups is 2. The first-order valence-electron chi connectivity index (χ1n) is 11.3. The fourth-order valence-corrected chi connectivity index (χ4v) is 3.84. The van der Waals surface area contributed by atoms with Gasteiger partial charge < -0.3 is 10.1 Å². The number of carbonyl (C=O) groups excluding carboxylic acids is 2. The number of anilines is 1. The van der Waals surface area contributed by atoms with Gasteiger partial charge in [0, 0.05) is 23.5 Å². The van der Waals surface area contributed by atoms with Gasteiger partial charge in [-0.1, -0.05) is 6.07 Å². The molecule has 3 aromatic heterocycles. The van der Waals surface area contributed by atoms with Crippen molar-refractivity contribution in [2.75, 3.05) is 19.0 Å². The molecule has 10 nitrogen and oxygen atoms in total. The zero-order chi connectivity index (χ0) is 24.4. The highest BCUT2D eigenvalue weighted by molar-refractivity contribution is 6.07. The van der Waals surface area contributed by atoms with Crippen molar-refractivity contribution in [3.8, 4) is 11.6 Å². The van der Waals surface area contributed by atoms with Crippen LogP contribution in [-0.2, 0) is 4.79 Å². The smallest absolute Gasteiger partial charge is 0.270 e. The van der Waals surface area contributed by atoms with Crippen LogP contribution in [0.3, 0.4) is 0 Å². The lowest BCUT2D eigenvalue weighted by Gasteiger charge is -2.11. The topological polar surface area (TPSA) is 123 Å². The summed E-state index contributed by atoms with van der Waals surface area (Å²) in [5.41, 5.74) is 8.24. The fourth-order valence-electron chi connectivity index (χ4n) is 3.84. The minimum Gasteiger partial charge on any atom is -0.497 e. The highest BCUT2D eigenvalue weighted by Gasteiger charge is 2.29. The number of aryl methyl sites for hydroxylation is 1. The number of methoxy groups -OCH3 is 1. The summed E-state index contributed by atoms with van der Waals surface area (Å²) in [6, 6.07) is 14.5. The predicted molar refractivity (Wildman–Crippen MR) is 130 cm³/mol. The summed E-state index contributed by atoms with van der Waals surface area (Å²) in [7, 11) is 1.59. The number of fused-ring (bicyclic) bond motifs is 1. The average molecular weight is 472 g/mol. The Bertz CT molecular complexity index is 1380. The van der Waals surface area contributed by atoms with Crippen molar-refractivity contribution in [2.24, 2.45) is 0 Å². The molecule has 178 valence electrons. The first-order chi connectivity index (χ1) is 17.0. The zero-order valence-electron chi connectivity index (χ0n) is 19.4. The van der Waals surface area contributed by atoms with E-state index in [-0.39, 0.29) is 12.5 Å². The van der Waals surface area contributed by atoms with E-state index in [0.717, 1.165) is 30.0 Å². The zero-order valence-corrected chi connectivity index (χ0v) is 19.4. The van der Waals surface area contributed by atoms with Gasteiger partial charge >= 0.3 is 0 Å². The standard InChI is InChI=1S/C25H25N7O3/c1-15-23-19(25(34)30-29-22(33)14-27-17-8-10-18(35-2)11-9-17)13-20(16-6-7-16)28-24(23)32(31-15)21-5-3-4-12-26-21/h3-5,8-13,16,27H,6-7,14H2,1-2H3,(H,29,33)(H,30,34). The van der Waals surface area contributed by atoms with Gasteiger partial charge in [-0.25, -0.2) is 9.97 Å². The molecule has 0 unspecified atom stereocenters. The van der Waals surface area contributed by atoms with Gasteiger partial charge in [-0.05, 0) is 62.2 Å². The molecule has 35 heavy (non-hydrogen) atoms. The summed E-state index contributed by atoms with van der Waals surface area (Å²) < 4.78 is 6.78. The molecular weight excluding hydrogens is 446 g/mol. The van der Waals surface area contributed by atoms with Crippen molar-refractivity contribution in [1.29, 1.82) is 0 Å². The van der Waals surface area contributed by atoms with Crippen molar-refractivity contribution < 1.29 is 14.3 Å². The van der Waals surface area contributed by atoms with Crippen LogP contribution in [0.4, 0.5) is 5.69 Å². The van der Waals surface area contributed by atoms with Crippen LogP contribution in [0.25, 0.3) is 16.9 Å². The van der Waals surface area contributed by atoms with Crippen LogP contribution in [0, 0.1) is 6.92 Å². The Morgan fingerprint density at radius 3 is 2.60 bits per heavy atom. The van der Waals surface area contributed by atoms with Gasteiger partial charge in [0.15, 0.2) is 11.5 Å². The van der Waals surface area contributed by atoms with Gasteiger partial charge in [-0.2, -0.15) is 9.78 Å². The second kappa shape index (κ2) is 9.41. The maximum atomic E-state index is 13.2. The number of rotatable bonds is 7. The molecule has 2 amide bonds. The first kappa shape index (κ1) is 22.3. The molecular formula is C25H25N7O3. The number of ether oxygens (including phenoxy) is 1. The molecule has 10 heteroatoms. The lowest BCUT2D eigenvalue weighted by Crippen LogP contribution is -2.44. The molecule has 1 aromatic carbocycles. The van der Waals surface area contributed by atoms with E-state index < -0.39 is 5.91 Å². The van der Waals surface area contributed by atoms with Crippen molar-refractivity contribution in [3.05, 3.63) is 71.7 Å². The molecule has 0 spiro atoms. The number of hydrazine groups is 1. The molecule has 3 N–H and O–H groups in total. The van der Waals surface area contributed by atoms with E-state index >= 15 is 0 Å². The van der Waals surface area contributed by atoms with Crippen LogP contribution in [0.2, 0.25) is 0 Å². The van der Waals surface area contributed by atoms with Gasteiger partial charge in [0.05, 0.1) is 30.3 Å². The monoisotopic (exact) mass is 471 g/mol. The van der Waals surface area contributed by atoms with Crippen LogP contribution in [0.5, 0.6) is 5.75 Å². The van der Waals surface area contributed by atoms with E-state index in [9.17, 15) is 9.59 Å². The number of aromatic nitrogens is 4. The SMILES string of the molecule is COc1ccc(NCC(=O)NNC(=O)c2cc(C3CC3)nc3c2c(C)nn3-c2ccccn2)cc1. The number of nitrogens with zero attached hydrogens (tertiary/aromatic N) is 4. The molecule has 0 atom stereocenters. The Morgan fingerprint density at radius 1 is 1.11 bits per heavy atom. The second-order valence-electron chi connectivity index (χ2n) is 8.34. The molecule has 0 saturated heterocycles.